The van der Waals surface area contributed by atoms with Gasteiger partial charge in [0.2, 0.25) is 5.88 Å². The predicted molar refractivity (Wildman–Crippen MR) is 74.8 cm³/mol. The molecular weight excluding hydrogens is 280 g/mol. The first-order valence-electron chi connectivity index (χ1n) is 6.13. The standard InChI is InChI=1S/C13H21BrN2O/c1-17-13-8-6-7-12(16-13)11-15-10-5-3-2-4-9-14/h6-8,15H,2-5,9-11H2,1H3. The highest BCUT2D eigenvalue weighted by Crippen LogP contribution is 2.06. The molecule has 17 heavy (non-hydrogen) atoms. The molecule has 4 heteroatoms. The second kappa shape index (κ2) is 9.42. The van der Waals surface area contributed by atoms with Crippen LogP contribution in [0.3, 0.4) is 0 Å². The number of rotatable bonds is 9. The number of aromatic nitrogens is 1. The van der Waals surface area contributed by atoms with Gasteiger partial charge >= 0.3 is 0 Å². The summed E-state index contributed by atoms with van der Waals surface area (Å²) in [5.74, 6) is 0.682. The van der Waals surface area contributed by atoms with Crippen LogP contribution in [0.15, 0.2) is 18.2 Å². The van der Waals surface area contributed by atoms with Gasteiger partial charge in [0.25, 0.3) is 0 Å². The van der Waals surface area contributed by atoms with Crippen molar-refractivity contribution in [3.8, 4) is 5.88 Å². The van der Waals surface area contributed by atoms with E-state index in [0.29, 0.717) is 5.88 Å². The summed E-state index contributed by atoms with van der Waals surface area (Å²) in [4.78, 5) is 4.35. The van der Waals surface area contributed by atoms with Crippen LogP contribution in [0.4, 0.5) is 0 Å². The molecule has 0 amide bonds. The van der Waals surface area contributed by atoms with E-state index in [1.54, 1.807) is 7.11 Å². The summed E-state index contributed by atoms with van der Waals surface area (Å²) in [6.07, 6.45) is 5.11. The molecule has 1 heterocycles. The molecule has 0 radical (unpaired) electrons. The number of halogens is 1. The van der Waals surface area contributed by atoms with Gasteiger partial charge in [0.15, 0.2) is 0 Å². The molecular formula is C13H21BrN2O. The molecule has 3 nitrogen and oxygen atoms in total. The molecule has 0 bridgehead atoms. The lowest BCUT2D eigenvalue weighted by Gasteiger charge is -2.05. The van der Waals surface area contributed by atoms with Crippen LogP contribution in [-0.2, 0) is 6.54 Å². The SMILES string of the molecule is COc1cccc(CNCCCCCCBr)n1. The zero-order valence-corrected chi connectivity index (χ0v) is 12.0. The van der Waals surface area contributed by atoms with Crippen LogP contribution in [0.1, 0.15) is 31.4 Å². The van der Waals surface area contributed by atoms with Gasteiger partial charge < -0.3 is 10.1 Å². The number of alkyl halides is 1. The molecule has 0 saturated carbocycles. The molecule has 1 rings (SSSR count). The largest absolute Gasteiger partial charge is 0.481 e. The minimum Gasteiger partial charge on any atom is -0.481 e. The van der Waals surface area contributed by atoms with Gasteiger partial charge in [-0.05, 0) is 25.5 Å². The summed E-state index contributed by atoms with van der Waals surface area (Å²) in [6, 6.07) is 5.85. The second-order valence-corrected chi connectivity index (χ2v) is 4.74. The Kier molecular flexibility index (Phi) is 8.01. The summed E-state index contributed by atoms with van der Waals surface area (Å²) in [6.45, 7) is 1.87. The third-order valence-corrected chi connectivity index (χ3v) is 3.09. The maximum absolute atomic E-state index is 5.08. The minimum atomic E-state index is 0.682. The molecule has 96 valence electrons. The molecule has 0 unspecified atom stereocenters. The van der Waals surface area contributed by atoms with E-state index < -0.39 is 0 Å². The fraction of sp³-hybridized carbons (Fsp3) is 0.615. The molecule has 0 aromatic carbocycles. The number of hydrogen-bond acceptors (Lipinski definition) is 3. The van der Waals surface area contributed by atoms with Crippen molar-refractivity contribution in [3.63, 3.8) is 0 Å². The van der Waals surface area contributed by atoms with E-state index in [-0.39, 0.29) is 0 Å². The van der Waals surface area contributed by atoms with Crippen LogP contribution in [0, 0.1) is 0 Å². The monoisotopic (exact) mass is 300 g/mol. The van der Waals surface area contributed by atoms with Gasteiger partial charge in [0.05, 0.1) is 12.8 Å². The summed E-state index contributed by atoms with van der Waals surface area (Å²) >= 11 is 3.44. The van der Waals surface area contributed by atoms with Crippen LogP contribution >= 0.6 is 15.9 Å². The Morgan fingerprint density at radius 1 is 1.24 bits per heavy atom. The molecule has 1 aromatic heterocycles. The van der Waals surface area contributed by atoms with Crippen molar-refractivity contribution in [3.05, 3.63) is 23.9 Å². The van der Waals surface area contributed by atoms with Gasteiger partial charge in [-0.15, -0.1) is 0 Å². The van der Waals surface area contributed by atoms with Crippen molar-refractivity contribution >= 4 is 15.9 Å². The number of nitrogens with zero attached hydrogens (tertiary/aromatic N) is 1. The first-order chi connectivity index (χ1) is 8.36. The van der Waals surface area contributed by atoms with Gasteiger partial charge in [0.1, 0.15) is 0 Å². The fourth-order valence-electron chi connectivity index (χ4n) is 1.58. The highest BCUT2D eigenvalue weighted by Gasteiger charge is 1.96. The van der Waals surface area contributed by atoms with Crippen LogP contribution in [0.2, 0.25) is 0 Å². The number of unbranched alkanes of at least 4 members (excludes halogenated alkanes) is 3. The first kappa shape index (κ1) is 14.5. The van der Waals surface area contributed by atoms with Gasteiger partial charge in [-0.3, -0.25) is 0 Å². The summed E-state index contributed by atoms with van der Waals surface area (Å²) < 4.78 is 5.08. The number of hydrogen-bond donors (Lipinski definition) is 1. The normalized spacial score (nSPS) is 10.5. The zero-order valence-electron chi connectivity index (χ0n) is 10.4. The second-order valence-electron chi connectivity index (χ2n) is 3.95. The van der Waals surface area contributed by atoms with E-state index in [1.165, 1.54) is 25.7 Å². The highest BCUT2D eigenvalue weighted by molar-refractivity contribution is 9.09. The van der Waals surface area contributed by atoms with Crippen molar-refractivity contribution in [2.75, 3.05) is 19.0 Å². The van der Waals surface area contributed by atoms with Crippen molar-refractivity contribution < 1.29 is 4.74 Å². The van der Waals surface area contributed by atoms with Gasteiger partial charge in [-0.25, -0.2) is 4.98 Å². The van der Waals surface area contributed by atoms with Crippen molar-refractivity contribution in [2.45, 2.75) is 32.2 Å². The van der Waals surface area contributed by atoms with Crippen LogP contribution in [-0.4, -0.2) is 24.0 Å². The number of nitrogens with one attached hydrogen (secondary N) is 1. The van der Waals surface area contributed by atoms with Crippen molar-refractivity contribution in [2.24, 2.45) is 0 Å². The van der Waals surface area contributed by atoms with Gasteiger partial charge in [0, 0.05) is 17.9 Å². The van der Waals surface area contributed by atoms with E-state index in [1.807, 2.05) is 18.2 Å². The summed E-state index contributed by atoms with van der Waals surface area (Å²) in [5.41, 5.74) is 1.03. The first-order valence-corrected chi connectivity index (χ1v) is 7.25. The van der Waals surface area contributed by atoms with Gasteiger partial charge in [-0.1, -0.05) is 34.8 Å². The Morgan fingerprint density at radius 3 is 2.82 bits per heavy atom. The van der Waals surface area contributed by atoms with Crippen LogP contribution in [0.5, 0.6) is 5.88 Å². The Labute approximate surface area is 112 Å². The molecule has 1 N–H and O–H groups in total. The lowest BCUT2D eigenvalue weighted by atomic mass is 10.2. The van der Waals surface area contributed by atoms with E-state index in [4.69, 9.17) is 4.74 Å². The molecule has 0 atom stereocenters. The summed E-state index contributed by atoms with van der Waals surface area (Å²) in [7, 11) is 1.64. The topological polar surface area (TPSA) is 34.1 Å². The Balaban J connectivity index is 2.09. The van der Waals surface area contributed by atoms with E-state index in [0.717, 1.165) is 24.1 Å². The van der Waals surface area contributed by atoms with Crippen LogP contribution < -0.4 is 10.1 Å². The van der Waals surface area contributed by atoms with Crippen molar-refractivity contribution in [1.29, 1.82) is 0 Å². The number of pyridine rings is 1. The molecule has 0 aliphatic heterocycles. The van der Waals surface area contributed by atoms with Crippen LogP contribution in [0.25, 0.3) is 0 Å². The lowest BCUT2D eigenvalue weighted by Crippen LogP contribution is -2.15. The average Bonchev–Trinajstić information content (AvgIpc) is 2.38. The summed E-state index contributed by atoms with van der Waals surface area (Å²) in [5, 5.41) is 4.52. The average molecular weight is 301 g/mol. The third-order valence-electron chi connectivity index (χ3n) is 2.53. The lowest BCUT2D eigenvalue weighted by molar-refractivity contribution is 0.395. The predicted octanol–water partition coefficient (Wildman–Crippen LogP) is 3.14. The highest BCUT2D eigenvalue weighted by atomic mass is 79.9. The zero-order chi connectivity index (χ0) is 12.3. The number of ether oxygens (including phenoxy) is 1. The van der Waals surface area contributed by atoms with Gasteiger partial charge in [-0.2, -0.15) is 0 Å². The number of methoxy groups -OCH3 is 1. The molecule has 0 spiro atoms. The Hall–Kier alpha value is -0.610. The molecule has 0 fully saturated rings. The molecule has 1 aromatic rings. The Morgan fingerprint density at radius 2 is 2.06 bits per heavy atom. The fourth-order valence-corrected chi connectivity index (χ4v) is 1.98. The van der Waals surface area contributed by atoms with Crippen molar-refractivity contribution in [1.82, 2.24) is 10.3 Å². The third kappa shape index (κ3) is 6.64. The smallest absolute Gasteiger partial charge is 0.213 e. The van der Waals surface area contributed by atoms with E-state index in [2.05, 4.69) is 26.2 Å². The maximum atomic E-state index is 5.08. The maximum Gasteiger partial charge on any atom is 0.213 e. The molecule has 0 saturated heterocycles. The molecule has 0 aliphatic carbocycles. The minimum absolute atomic E-state index is 0.682. The Bertz CT molecular complexity index is 307. The van der Waals surface area contributed by atoms with E-state index in [9.17, 15) is 0 Å². The van der Waals surface area contributed by atoms with E-state index >= 15 is 0 Å². The quantitative estimate of drug-likeness (QED) is 0.562. The molecule has 0 aliphatic rings.